The molecule has 18 heavy (non-hydrogen) atoms. The molecule has 0 bridgehead atoms. The molecule has 3 nitrogen and oxygen atoms in total. The van der Waals surface area contributed by atoms with Gasteiger partial charge in [0.2, 0.25) is 0 Å². The van der Waals surface area contributed by atoms with E-state index in [0.717, 1.165) is 19.5 Å². The molecule has 1 saturated heterocycles. The van der Waals surface area contributed by atoms with Gasteiger partial charge in [0.25, 0.3) is 5.91 Å². The van der Waals surface area contributed by atoms with Crippen LogP contribution in [0.25, 0.3) is 0 Å². The minimum atomic E-state index is -0.561. The zero-order chi connectivity index (χ0) is 13.3. The van der Waals surface area contributed by atoms with Crippen LogP contribution in [0.2, 0.25) is 5.02 Å². The molecule has 1 aromatic rings. The lowest BCUT2D eigenvalue weighted by Crippen LogP contribution is -2.38. The van der Waals surface area contributed by atoms with Crippen molar-refractivity contribution in [1.82, 2.24) is 10.2 Å². The van der Waals surface area contributed by atoms with Crippen molar-refractivity contribution in [3.05, 3.63) is 33.0 Å². The predicted octanol–water partition coefficient (Wildman–Crippen LogP) is 2.68. The summed E-state index contributed by atoms with van der Waals surface area (Å²) in [5, 5.41) is 3.50. The van der Waals surface area contributed by atoms with Crippen LogP contribution in [0.1, 0.15) is 16.8 Å². The average Bonchev–Trinajstić information content (AvgIpc) is 2.85. The highest BCUT2D eigenvalue weighted by molar-refractivity contribution is 9.10. The van der Waals surface area contributed by atoms with E-state index in [1.54, 1.807) is 11.9 Å². The summed E-state index contributed by atoms with van der Waals surface area (Å²) in [5.41, 5.74) is 0.0117. The van der Waals surface area contributed by atoms with E-state index < -0.39 is 5.82 Å². The molecule has 1 amide bonds. The Balaban J connectivity index is 2.25. The van der Waals surface area contributed by atoms with Gasteiger partial charge in [0.15, 0.2) is 0 Å². The minimum absolute atomic E-state index is 0.0117. The standard InChI is InChI=1S/C12H13BrClFN2O/c1-17(7-2-3-16-6-7)12(18)8-4-10(14)9(13)5-11(8)15/h4-5,7,16H,2-3,6H2,1H3/t7-/m0/s1. The molecule has 1 N–H and O–H groups in total. The first-order valence-corrected chi connectivity index (χ1v) is 6.80. The molecule has 0 radical (unpaired) electrons. The largest absolute Gasteiger partial charge is 0.337 e. The third kappa shape index (κ3) is 2.68. The van der Waals surface area contributed by atoms with Crippen molar-refractivity contribution >= 4 is 33.4 Å². The summed E-state index contributed by atoms with van der Waals surface area (Å²) in [7, 11) is 1.69. The molecule has 0 unspecified atom stereocenters. The maximum absolute atomic E-state index is 13.8. The highest BCUT2D eigenvalue weighted by Crippen LogP contribution is 2.26. The highest BCUT2D eigenvalue weighted by Gasteiger charge is 2.26. The van der Waals surface area contributed by atoms with Gasteiger partial charge in [0.05, 0.1) is 10.6 Å². The second-order valence-electron chi connectivity index (χ2n) is 4.31. The van der Waals surface area contributed by atoms with Gasteiger partial charge in [-0.3, -0.25) is 4.79 Å². The monoisotopic (exact) mass is 334 g/mol. The molecule has 0 aliphatic carbocycles. The molecular weight excluding hydrogens is 323 g/mol. The lowest BCUT2D eigenvalue weighted by Gasteiger charge is -2.24. The van der Waals surface area contributed by atoms with Gasteiger partial charge in [-0.15, -0.1) is 0 Å². The van der Waals surface area contributed by atoms with Crippen LogP contribution in [0.3, 0.4) is 0 Å². The Morgan fingerprint density at radius 3 is 2.94 bits per heavy atom. The van der Waals surface area contributed by atoms with Crippen LogP contribution in [0, 0.1) is 5.82 Å². The molecule has 1 atom stereocenters. The number of nitrogens with one attached hydrogen (secondary N) is 1. The molecule has 0 spiro atoms. The quantitative estimate of drug-likeness (QED) is 0.843. The molecular formula is C12H13BrClFN2O. The smallest absolute Gasteiger partial charge is 0.256 e. The summed E-state index contributed by atoms with van der Waals surface area (Å²) in [6.45, 7) is 1.62. The van der Waals surface area contributed by atoms with E-state index >= 15 is 0 Å². The normalized spacial score (nSPS) is 19.0. The van der Waals surface area contributed by atoms with Gasteiger partial charge < -0.3 is 10.2 Å². The van der Waals surface area contributed by atoms with Gasteiger partial charge in [-0.2, -0.15) is 0 Å². The van der Waals surface area contributed by atoms with Crippen LogP contribution in [-0.4, -0.2) is 37.0 Å². The fourth-order valence-electron chi connectivity index (χ4n) is 2.01. The number of hydrogen-bond acceptors (Lipinski definition) is 2. The number of carbonyl (C=O) groups is 1. The molecule has 2 rings (SSSR count). The number of amides is 1. The van der Waals surface area contributed by atoms with Crippen LogP contribution in [0.5, 0.6) is 0 Å². The van der Waals surface area contributed by atoms with Gasteiger partial charge in [0, 0.05) is 24.1 Å². The van der Waals surface area contributed by atoms with E-state index in [0.29, 0.717) is 9.50 Å². The van der Waals surface area contributed by atoms with Crippen LogP contribution in [0.15, 0.2) is 16.6 Å². The van der Waals surface area contributed by atoms with Crippen LogP contribution < -0.4 is 5.32 Å². The van der Waals surface area contributed by atoms with Crippen molar-refractivity contribution < 1.29 is 9.18 Å². The van der Waals surface area contributed by atoms with E-state index in [4.69, 9.17) is 11.6 Å². The molecule has 0 aromatic heterocycles. The van der Waals surface area contributed by atoms with E-state index in [2.05, 4.69) is 21.2 Å². The molecule has 0 saturated carbocycles. The van der Waals surface area contributed by atoms with Crippen LogP contribution >= 0.6 is 27.5 Å². The third-order valence-electron chi connectivity index (χ3n) is 3.14. The summed E-state index contributed by atoms with van der Waals surface area (Å²) < 4.78 is 14.2. The average molecular weight is 336 g/mol. The lowest BCUT2D eigenvalue weighted by atomic mass is 10.1. The van der Waals surface area contributed by atoms with Crippen molar-refractivity contribution in [2.45, 2.75) is 12.5 Å². The molecule has 1 aromatic carbocycles. The molecule has 1 aliphatic rings. The van der Waals surface area contributed by atoms with Crippen molar-refractivity contribution in [3.63, 3.8) is 0 Å². The number of nitrogens with zero attached hydrogens (tertiary/aromatic N) is 1. The van der Waals surface area contributed by atoms with Crippen LogP contribution in [-0.2, 0) is 0 Å². The fourth-order valence-corrected chi connectivity index (χ4v) is 2.49. The molecule has 1 aliphatic heterocycles. The molecule has 98 valence electrons. The Labute approximate surface area is 118 Å². The molecule has 1 heterocycles. The summed E-state index contributed by atoms with van der Waals surface area (Å²) in [6.07, 6.45) is 0.883. The highest BCUT2D eigenvalue weighted by atomic mass is 79.9. The number of rotatable bonds is 2. The lowest BCUT2D eigenvalue weighted by molar-refractivity contribution is 0.0739. The van der Waals surface area contributed by atoms with Gasteiger partial charge in [-0.25, -0.2) is 4.39 Å². The zero-order valence-corrected chi connectivity index (χ0v) is 12.2. The Bertz CT molecular complexity index is 477. The SMILES string of the molecule is CN(C(=O)c1cc(Cl)c(Br)cc1F)[C@H]1CCNC1. The number of halogens is 3. The molecule has 1 fully saturated rings. The number of hydrogen-bond donors (Lipinski definition) is 1. The van der Waals surface area contributed by atoms with Gasteiger partial charge in [0.1, 0.15) is 5.82 Å². The Morgan fingerprint density at radius 1 is 1.61 bits per heavy atom. The van der Waals surface area contributed by atoms with Crippen molar-refractivity contribution in [2.75, 3.05) is 20.1 Å². The molecule has 6 heteroatoms. The maximum atomic E-state index is 13.8. The van der Waals surface area contributed by atoms with Crippen LogP contribution in [0.4, 0.5) is 4.39 Å². The van der Waals surface area contributed by atoms with E-state index in [1.165, 1.54) is 12.1 Å². The minimum Gasteiger partial charge on any atom is -0.337 e. The summed E-state index contributed by atoms with van der Waals surface area (Å²) in [5.74, 6) is -0.898. The van der Waals surface area contributed by atoms with Gasteiger partial charge in [-0.1, -0.05) is 11.6 Å². The van der Waals surface area contributed by atoms with Gasteiger partial charge in [-0.05, 0) is 41.0 Å². The van der Waals surface area contributed by atoms with Crippen molar-refractivity contribution in [2.24, 2.45) is 0 Å². The predicted molar refractivity (Wildman–Crippen MR) is 72.5 cm³/mol. The summed E-state index contributed by atoms with van der Waals surface area (Å²) >= 11 is 9.02. The van der Waals surface area contributed by atoms with Crippen molar-refractivity contribution in [3.8, 4) is 0 Å². The first-order chi connectivity index (χ1) is 8.50. The number of likely N-dealkylation sites (N-methyl/N-ethyl adjacent to an activating group) is 1. The maximum Gasteiger partial charge on any atom is 0.256 e. The first-order valence-electron chi connectivity index (χ1n) is 5.63. The Hall–Kier alpha value is -0.650. The van der Waals surface area contributed by atoms with Gasteiger partial charge >= 0.3 is 0 Å². The topological polar surface area (TPSA) is 32.3 Å². The zero-order valence-electron chi connectivity index (χ0n) is 9.84. The Kier molecular flexibility index (Phi) is 4.25. The van der Waals surface area contributed by atoms with E-state index in [9.17, 15) is 9.18 Å². The number of carbonyl (C=O) groups excluding carboxylic acids is 1. The Morgan fingerprint density at radius 2 is 2.33 bits per heavy atom. The third-order valence-corrected chi connectivity index (χ3v) is 4.34. The number of benzene rings is 1. The first kappa shape index (κ1) is 13.8. The summed E-state index contributed by atoms with van der Waals surface area (Å²) in [4.78, 5) is 13.8. The van der Waals surface area contributed by atoms with E-state index in [-0.39, 0.29) is 17.5 Å². The fraction of sp³-hybridized carbons (Fsp3) is 0.417. The second-order valence-corrected chi connectivity index (χ2v) is 5.57. The van der Waals surface area contributed by atoms with E-state index in [1.807, 2.05) is 0 Å². The second kappa shape index (κ2) is 5.55. The van der Waals surface area contributed by atoms with Crippen molar-refractivity contribution in [1.29, 1.82) is 0 Å². The summed E-state index contributed by atoms with van der Waals surface area (Å²) in [6, 6.07) is 2.69.